The van der Waals surface area contributed by atoms with Crippen LogP contribution in [-0.2, 0) is 14.6 Å². The quantitative estimate of drug-likeness (QED) is 0.273. The van der Waals surface area contributed by atoms with Crippen molar-refractivity contribution in [2.45, 2.75) is 81.0 Å². The molecule has 0 spiro atoms. The number of amides is 1. The van der Waals surface area contributed by atoms with E-state index in [1.165, 1.54) is 12.1 Å². The molecule has 8 nitrogen and oxygen atoms in total. The first-order valence-electron chi connectivity index (χ1n) is 15.2. The molecule has 1 heterocycles. The molecule has 1 saturated carbocycles. The van der Waals surface area contributed by atoms with Crippen LogP contribution in [0.15, 0.2) is 53.4 Å². The number of nitrogens with zero attached hydrogens (tertiary/aromatic N) is 3. The van der Waals surface area contributed by atoms with Crippen LogP contribution in [0, 0.1) is 17.2 Å². The van der Waals surface area contributed by atoms with Gasteiger partial charge in [-0.05, 0) is 74.2 Å². The van der Waals surface area contributed by atoms with Crippen molar-refractivity contribution in [3.63, 3.8) is 0 Å². The number of sulfone groups is 1. The molecule has 1 unspecified atom stereocenters. The lowest BCUT2D eigenvalue weighted by Crippen LogP contribution is -2.39. The van der Waals surface area contributed by atoms with Crippen molar-refractivity contribution < 1.29 is 35.5 Å². The molecule has 0 bridgehead atoms. The standard InChI is InChI=1S/C32H40F4N4O4S/c1-3-45(42,43)28-10-6-23(7-11-28)29(14-17-37)38-30(41)24-4-8-25(9-5-24)40-20-26(18-27(40)21-44-31(33)34)39(2)19-22-12-15-32(35,36)16-13-22/h4-11,22,26-27,29,31H,3,12-16,18-21H2,1-2H3,(H,38,41)/t26-,27-,29?/m0/s1. The van der Waals surface area contributed by atoms with Crippen molar-refractivity contribution in [3.8, 4) is 6.07 Å². The van der Waals surface area contributed by atoms with Gasteiger partial charge < -0.3 is 19.9 Å². The molecule has 3 atom stereocenters. The number of nitrogens with one attached hydrogen (secondary N) is 1. The SMILES string of the molecule is CCS(=O)(=O)c1ccc(C(CC#N)NC(=O)c2ccc(N3C[C@@H](N(C)CC4CCC(F)(F)CC4)C[C@H]3COC(F)F)cc2)cc1. The molecule has 4 rings (SSSR count). The van der Waals surface area contributed by atoms with Crippen molar-refractivity contribution >= 4 is 21.4 Å². The summed E-state index contributed by atoms with van der Waals surface area (Å²) in [6.45, 7) is -0.370. The highest BCUT2D eigenvalue weighted by atomic mass is 32.2. The predicted octanol–water partition coefficient (Wildman–Crippen LogP) is 5.81. The average Bonchev–Trinajstić information content (AvgIpc) is 3.45. The Kier molecular flexibility index (Phi) is 11.5. The van der Waals surface area contributed by atoms with Crippen LogP contribution < -0.4 is 10.2 Å². The molecular weight excluding hydrogens is 612 g/mol. The number of likely N-dealkylation sites (N-methyl/N-ethyl adjacent to an activating group) is 1. The fraction of sp³-hybridized carbons (Fsp3) is 0.562. The Morgan fingerprint density at radius 2 is 1.78 bits per heavy atom. The Bertz CT molecular complexity index is 1420. The third kappa shape index (κ3) is 9.17. The lowest BCUT2D eigenvalue weighted by atomic mass is 9.86. The normalized spacial score (nSPS) is 21.2. The Hall–Kier alpha value is -3.21. The van der Waals surface area contributed by atoms with Gasteiger partial charge in [0.2, 0.25) is 5.92 Å². The molecule has 1 saturated heterocycles. The van der Waals surface area contributed by atoms with Crippen LogP contribution in [0.4, 0.5) is 23.2 Å². The molecule has 2 aliphatic rings. The van der Waals surface area contributed by atoms with Crippen molar-refractivity contribution in [2.75, 3.05) is 37.4 Å². The zero-order chi connectivity index (χ0) is 32.8. The number of alkyl halides is 4. The summed E-state index contributed by atoms with van der Waals surface area (Å²) in [5, 5.41) is 12.2. The summed E-state index contributed by atoms with van der Waals surface area (Å²) in [6, 6.07) is 13.8. The van der Waals surface area contributed by atoms with E-state index in [1.807, 2.05) is 11.9 Å². The van der Waals surface area contributed by atoms with Gasteiger partial charge in [0.25, 0.3) is 5.91 Å². The van der Waals surface area contributed by atoms with Gasteiger partial charge in [0.15, 0.2) is 9.84 Å². The number of nitriles is 1. The van der Waals surface area contributed by atoms with Crippen LogP contribution in [0.2, 0.25) is 0 Å². The highest BCUT2D eigenvalue weighted by Crippen LogP contribution is 2.37. The molecule has 246 valence electrons. The van der Waals surface area contributed by atoms with E-state index in [1.54, 1.807) is 43.3 Å². The fourth-order valence-corrected chi connectivity index (χ4v) is 7.06. The number of hydrogen-bond donors (Lipinski definition) is 1. The van der Waals surface area contributed by atoms with E-state index < -0.39 is 34.3 Å². The van der Waals surface area contributed by atoms with E-state index in [9.17, 15) is 36.0 Å². The molecular formula is C32H40F4N4O4S. The maximum absolute atomic E-state index is 13.6. The summed E-state index contributed by atoms with van der Waals surface area (Å²) >= 11 is 0. The first kappa shape index (κ1) is 34.7. The Morgan fingerprint density at radius 1 is 1.13 bits per heavy atom. The van der Waals surface area contributed by atoms with Gasteiger partial charge in [-0.1, -0.05) is 19.1 Å². The topological polar surface area (TPSA) is 103 Å². The largest absolute Gasteiger partial charge is 0.365 e. The molecule has 2 aromatic carbocycles. The minimum Gasteiger partial charge on any atom is -0.365 e. The molecule has 2 fully saturated rings. The van der Waals surface area contributed by atoms with E-state index in [2.05, 4.69) is 21.0 Å². The summed E-state index contributed by atoms with van der Waals surface area (Å²) in [5.74, 6) is -2.91. The maximum atomic E-state index is 13.6. The summed E-state index contributed by atoms with van der Waals surface area (Å²) in [5.41, 5.74) is 1.64. The van der Waals surface area contributed by atoms with Crippen LogP contribution in [0.5, 0.6) is 0 Å². The van der Waals surface area contributed by atoms with Gasteiger partial charge in [0.1, 0.15) is 0 Å². The molecule has 1 aliphatic carbocycles. The van der Waals surface area contributed by atoms with Gasteiger partial charge in [-0.25, -0.2) is 17.2 Å². The third-order valence-corrected chi connectivity index (χ3v) is 10.6. The van der Waals surface area contributed by atoms with Gasteiger partial charge in [0, 0.05) is 43.2 Å². The molecule has 13 heteroatoms. The Balaban J connectivity index is 1.43. The summed E-state index contributed by atoms with van der Waals surface area (Å²) in [4.78, 5) is 17.4. The third-order valence-electron chi connectivity index (χ3n) is 8.90. The van der Waals surface area contributed by atoms with Crippen LogP contribution in [0.1, 0.15) is 67.4 Å². The number of halogens is 4. The fourth-order valence-electron chi connectivity index (χ4n) is 6.17. The molecule has 1 amide bonds. The number of carbonyl (C=O) groups excluding carboxylic acids is 1. The summed E-state index contributed by atoms with van der Waals surface area (Å²) in [7, 11) is -1.45. The van der Waals surface area contributed by atoms with Gasteiger partial charge in [-0.15, -0.1) is 0 Å². The summed E-state index contributed by atoms with van der Waals surface area (Å²) in [6.07, 6.45) is 1.22. The Labute approximate surface area is 262 Å². The minimum atomic E-state index is -3.39. The van der Waals surface area contributed by atoms with Crippen molar-refractivity contribution in [2.24, 2.45) is 5.92 Å². The number of anilines is 1. The molecule has 45 heavy (non-hydrogen) atoms. The maximum Gasteiger partial charge on any atom is 0.345 e. The van der Waals surface area contributed by atoms with E-state index in [-0.39, 0.29) is 54.5 Å². The first-order valence-corrected chi connectivity index (χ1v) is 16.8. The number of benzene rings is 2. The van der Waals surface area contributed by atoms with Crippen molar-refractivity contribution in [3.05, 3.63) is 59.7 Å². The molecule has 1 aliphatic heterocycles. The number of ether oxygens (including phenoxy) is 1. The van der Waals surface area contributed by atoms with Crippen LogP contribution >= 0.6 is 0 Å². The van der Waals surface area contributed by atoms with Crippen molar-refractivity contribution in [1.82, 2.24) is 10.2 Å². The highest BCUT2D eigenvalue weighted by molar-refractivity contribution is 7.91. The van der Waals surface area contributed by atoms with Gasteiger partial charge in [-0.3, -0.25) is 4.79 Å². The van der Waals surface area contributed by atoms with E-state index in [4.69, 9.17) is 0 Å². The van der Waals surface area contributed by atoms with Crippen LogP contribution in [0.3, 0.4) is 0 Å². The second kappa shape index (κ2) is 14.9. The first-order chi connectivity index (χ1) is 21.3. The monoisotopic (exact) mass is 652 g/mol. The molecule has 1 N–H and O–H groups in total. The Morgan fingerprint density at radius 3 is 2.36 bits per heavy atom. The zero-order valence-electron chi connectivity index (χ0n) is 25.5. The lowest BCUT2D eigenvalue weighted by molar-refractivity contribution is -0.131. The van der Waals surface area contributed by atoms with Gasteiger partial charge in [-0.2, -0.15) is 14.0 Å². The van der Waals surface area contributed by atoms with E-state index in [0.717, 1.165) is 5.69 Å². The molecule has 0 aromatic heterocycles. The highest BCUT2D eigenvalue weighted by Gasteiger charge is 2.38. The van der Waals surface area contributed by atoms with E-state index >= 15 is 0 Å². The van der Waals surface area contributed by atoms with Crippen LogP contribution in [0.25, 0.3) is 0 Å². The second-order valence-corrected chi connectivity index (χ2v) is 14.2. The van der Waals surface area contributed by atoms with Gasteiger partial charge >= 0.3 is 6.61 Å². The molecule has 2 aromatic rings. The summed E-state index contributed by atoms with van der Waals surface area (Å²) < 4.78 is 82.1. The predicted molar refractivity (Wildman–Crippen MR) is 162 cm³/mol. The van der Waals surface area contributed by atoms with Gasteiger partial charge in [0.05, 0.1) is 41.8 Å². The molecule has 0 radical (unpaired) electrons. The smallest absolute Gasteiger partial charge is 0.345 e. The van der Waals surface area contributed by atoms with Crippen LogP contribution in [-0.4, -0.2) is 76.3 Å². The zero-order valence-corrected chi connectivity index (χ0v) is 26.3. The minimum absolute atomic E-state index is 0.00660. The average molecular weight is 653 g/mol. The lowest BCUT2D eigenvalue weighted by Gasteiger charge is -2.33. The number of carbonyl (C=O) groups is 1. The number of hydrogen-bond acceptors (Lipinski definition) is 7. The van der Waals surface area contributed by atoms with Crippen molar-refractivity contribution in [1.29, 1.82) is 5.26 Å². The second-order valence-electron chi connectivity index (χ2n) is 11.9. The van der Waals surface area contributed by atoms with E-state index in [0.29, 0.717) is 43.5 Å². The number of rotatable bonds is 13.